The van der Waals surface area contributed by atoms with Crippen LogP contribution in [0.3, 0.4) is 0 Å². The Labute approximate surface area is 116 Å². The maximum absolute atomic E-state index is 6.43. The van der Waals surface area contributed by atoms with E-state index in [0.717, 1.165) is 22.9 Å². The molecule has 3 rings (SSSR count). The van der Waals surface area contributed by atoms with E-state index in [2.05, 4.69) is 36.2 Å². The molecule has 1 atom stereocenters. The Morgan fingerprint density at radius 3 is 2.84 bits per heavy atom. The summed E-state index contributed by atoms with van der Waals surface area (Å²) in [5.74, 6) is 0. The summed E-state index contributed by atoms with van der Waals surface area (Å²) in [6, 6.07) is 14.4. The van der Waals surface area contributed by atoms with Crippen LogP contribution in [0.2, 0.25) is 0 Å². The molecule has 0 aliphatic heterocycles. The molecule has 0 aliphatic carbocycles. The molecule has 0 fully saturated rings. The molecule has 1 aromatic carbocycles. The molecule has 0 amide bonds. The van der Waals surface area contributed by atoms with Crippen LogP contribution in [-0.2, 0) is 6.42 Å². The summed E-state index contributed by atoms with van der Waals surface area (Å²) in [7, 11) is 0. The lowest BCUT2D eigenvalue weighted by molar-refractivity contribution is 0.903. The SMILES string of the molecule is CCc1ccc(C(N)c2cccc3ncccc23)s1. The number of fused-ring (bicyclic) bond motifs is 1. The molecule has 0 radical (unpaired) electrons. The average molecular weight is 268 g/mol. The number of nitrogens with zero attached hydrogens (tertiary/aromatic N) is 1. The van der Waals surface area contributed by atoms with Crippen molar-refractivity contribution in [3.63, 3.8) is 0 Å². The molecule has 1 unspecified atom stereocenters. The van der Waals surface area contributed by atoms with Crippen LogP contribution >= 0.6 is 11.3 Å². The van der Waals surface area contributed by atoms with Crippen LogP contribution in [0.1, 0.15) is 28.3 Å². The standard InChI is InChI=1S/C16H16N2S/c1-2-11-8-9-15(19-11)16(17)13-5-3-7-14-12(13)6-4-10-18-14/h3-10,16H,2,17H2,1H3. The highest BCUT2D eigenvalue weighted by atomic mass is 32.1. The molecule has 0 spiro atoms. The van der Waals surface area contributed by atoms with Gasteiger partial charge in [0.2, 0.25) is 0 Å². The Kier molecular flexibility index (Phi) is 3.32. The molecule has 0 aliphatic rings. The van der Waals surface area contributed by atoms with Gasteiger partial charge < -0.3 is 5.73 Å². The molecule has 19 heavy (non-hydrogen) atoms. The van der Waals surface area contributed by atoms with E-state index in [0.29, 0.717) is 0 Å². The van der Waals surface area contributed by atoms with Crippen molar-refractivity contribution in [1.82, 2.24) is 4.98 Å². The Bertz CT molecular complexity index is 697. The second-order valence-corrected chi connectivity index (χ2v) is 5.75. The van der Waals surface area contributed by atoms with Crippen molar-refractivity contribution < 1.29 is 0 Å². The molecule has 96 valence electrons. The molecule has 2 aromatic heterocycles. The van der Waals surface area contributed by atoms with Crippen molar-refractivity contribution in [2.75, 3.05) is 0 Å². The smallest absolute Gasteiger partial charge is 0.0705 e. The molecular weight excluding hydrogens is 252 g/mol. The Morgan fingerprint density at radius 1 is 1.16 bits per heavy atom. The van der Waals surface area contributed by atoms with Gasteiger partial charge in [-0.3, -0.25) is 4.98 Å². The fraction of sp³-hybridized carbons (Fsp3) is 0.188. The highest BCUT2D eigenvalue weighted by Crippen LogP contribution is 2.30. The van der Waals surface area contributed by atoms with Crippen molar-refractivity contribution in [2.45, 2.75) is 19.4 Å². The Morgan fingerprint density at radius 2 is 2.05 bits per heavy atom. The third-order valence-corrected chi connectivity index (χ3v) is 4.66. The number of aromatic nitrogens is 1. The minimum Gasteiger partial charge on any atom is -0.320 e. The van der Waals surface area contributed by atoms with Crippen LogP contribution in [0, 0.1) is 0 Å². The second-order valence-electron chi connectivity index (χ2n) is 4.55. The first-order valence-corrected chi connectivity index (χ1v) is 7.29. The summed E-state index contributed by atoms with van der Waals surface area (Å²) in [4.78, 5) is 6.98. The summed E-state index contributed by atoms with van der Waals surface area (Å²) in [5.41, 5.74) is 8.58. The van der Waals surface area contributed by atoms with Gasteiger partial charge in [-0.2, -0.15) is 0 Å². The number of thiophene rings is 1. The van der Waals surface area contributed by atoms with Gasteiger partial charge in [0, 0.05) is 21.3 Å². The number of aryl methyl sites for hydroxylation is 1. The molecule has 2 N–H and O–H groups in total. The fourth-order valence-electron chi connectivity index (χ4n) is 2.30. The largest absolute Gasteiger partial charge is 0.320 e. The van der Waals surface area contributed by atoms with Gasteiger partial charge in [0.25, 0.3) is 0 Å². The van der Waals surface area contributed by atoms with Crippen LogP contribution in [0.4, 0.5) is 0 Å². The van der Waals surface area contributed by atoms with Gasteiger partial charge in [-0.25, -0.2) is 0 Å². The minimum atomic E-state index is -0.0711. The fourth-order valence-corrected chi connectivity index (χ4v) is 3.28. The first-order chi connectivity index (χ1) is 9.29. The predicted molar refractivity (Wildman–Crippen MR) is 81.5 cm³/mol. The van der Waals surface area contributed by atoms with Crippen LogP contribution in [-0.4, -0.2) is 4.98 Å². The summed E-state index contributed by atoms with van der Waals surface area (Å²) in [6.07, 6.45) is 2.88. The first kappa shape index (κ1) is 12.3. The van der Waals surface area contributed by atoms with Crippen molar-refractivity contribution in [3.8, 4) is 0 Å². The lowest BCUT2D eigenvalue weighted by atomic mass is 10.0. The van der Waals surface area contributed by atoms with Gasteiger partial charge in [0.1, 0.15) is 0 Å². The molecule has 0 saturated heterocycles. The molecule has 0 bridgehead atoms. The summed E-state index contributed by atoms with van der Waals surface area (Å²) < 4.78 is 0. The number of hydrogen-bond acceptors (Lipinski definition) is 3. The topological polar surface area (TPSA) is 38.9 Å². The lowest BCUT2D eigenvalue weighted by Gasteiger charge is -2.12. The Balaban J connectivity index is 2.08. The van der Waals surface area contributed by atoms with E-state index in [-0.39, 0.29) is 6.04 Å². The molecule has 3 heteroatoms. The number of hydrogen-bond donors (Lipinski definition) is 1. The third-order valence-electron chi connectivity index (χ3n) is 3.35. The zero-order valence-corrected chi connectivity index (χ0v) is 11.7. The maximum Gasteiger partial charge on any atom is 0.0705 e. The zero-order valence-electron chi connectivity index (χ0n) is 10.8. The summed E-state index contributed by atoms with van der Waals surface area (Å²) >= 11 is 1.80. The van der Waals surface area contributed by atoms with E-state index in [1.165, 1.54) is 9.75 Å². The number of benzene rings is 1. The third kappa shape index (κ3) is 2.27. The highest BCUT2D eigenvalue weighted by Gasteiger charge is 2.14. The second kappa shape index (κ2) is 5.11. The molecule has 2 heterocycles. The van der Waals surface area contributed by atoms with E-state index in [4.69, 9.17) is 5.73 Å². The number of pyridine rings is 1. The van der Waals surface area contributed by atoms with Gasteiger partial charge in [-0.1, -0.05) is 25.1 Å². The number of rotatable bonds is 3. The lowest BCUT2D eigenvalue weighted by Crippen LogP contribution is -2.10. The van der Waals surface area contributed by atoms with E-state index < -0.39 is 0 Å². The highest BCUT2D eigenvalue weighted by molar-refractivity contribution is 7.12. The quantitative estimate of drug-likeness (QED) is 0.782. The van der Waals surface area contributed by atoms with Crippen molar-refractivity contribution in [3.05, 3.63) is 64.0 Å². The predicted octanol–water partition coefficient (Wildman–Crippen LogP) is 3.91. The van der Waals surface area contributed by atoms with Crippen molar-refractivity contribution in [1.29, 1.82) is 0 Å². The van der Waals surface area contributed by atoms with E-state index in [1.54, 1.807) is 11.3 Å². The van der Waals surface area contributed by atoms with Gasteiger partial charge in [0.05, 0.1) is 11.6 Å². The van der Waals surface area contributed by atoms with Crippen molar-refractivity contribution in [2.24, 2.45) is 5.73 Å². The normalized spacial score (nSPS) is 12.7. The van der Waals surface area contributed by atoms with Gasteiger partial charge in [-0.05, 0) is 36.2 Å². The van der Waals surface area contributed by atoms with E-state index >= 15 is 0 Å². The van der Waals surface area contributed by atoms with Gasteiger partial charge in [0.15, 0.2) is 0 Å². The van der Waals surface area contributed by atoms with E-state index in [1.807, 2.05) is 24.4 Å². The Hall–Kier alpha value is -1.71. The number of nitrogens with two attached hydrogens (primary N) is 1. The van der Waals surface area contributed by atoms with Crippen LogP contribution in [0.25, 0.3) is 10.9 Å². The van der Waals surface area contributed by atoms with Gasteiger partial charge >= 0.3 is 0 Å². The van der Waals surface area contributed by atoms with Crippen LogP contribution < -0.4 is 5.73 Å². The van der Waals surface area contributed by atoms with Crippen LogP contribution in [0.15, 0.2) is 48.7 Å². The molecule has 3 aromatic rings. The summed E-state index contributed by atoms with van der Waals surface area (Å²) in [6.45, 7) is 2.17. The first-order valence-electron chi connectivity index (χ1n) is 6.47. The summed E-state index contributed by atoms with van der Waals surface area (Å²) in [5, 5.41) is 1.14. The minimum absolute atomic E-state index is 0.0711. The zero-order chi connectivity index (χ0) is 13.2. The molecular formula is C16H16N2S. The molecule has 2 nitrogen and oxygen atoms in total. The van der Waals surface area contributed by atoms with Crippen LogP contribution in [0.5, 0.6) is 0 Å². The van der Waals surface area contributed by atoms with Crippen molar-refractivity contribution >= 4 is 22.2 Å². The van der Waals surface area contributed by atoms with E-state index in [9.17, 15) is 0 Å². The maximum atomic E-state index is 6.43. The van der Waals surface area contributed by atoms with Gasteiger partial charge in [-0.15, -0.1) is 11.3 Å². The monoisotopic (exact) mass is 268 g/mol. The average Bonchev–Trinajstić information content (AvgIpc) is 2.95. The molecule has 0 saturated carbocycles.